The Balaban J connectivity index is -0.000000320. The summed E-state index contributed by atoms with van der Waals surface area (Å²) in [4.78, 5) is 19.6. The van der Waals surface area contributed by atoms with Crippen LogP contribution in [0.1, 0.15) is 6.42 Å². The van der Waals surface area contributed by atoms with Crippen LogP contribution in [-0.2, 0) is 9.59 Å². The molecule has 6 N–H and O–H groups in total. The van der Waals surface area contributed by atoms with Gasteiger partial charge < -0.3 is 21.4 Å². The van der Waals surface area contributed by atoms with Gasteiger partial charge in [-0.15, -0.1) is 0 Å². The average Bonchev–Trinajstić information content (AvgIpc) is 1.63. The Kier molecular flexibility index (Phi) is 13.7. The molecule has 0 aliphatic heterocycles. The van der Waals surface area contributed by atoms with Gasteiger partial charge in [-0.25, -0.2) is 0 Å². The van der Waals surface area contributed by atoms with E-state index in [-0.39, 0.29) is 56.9 Å². The molecule has 0 bridgehead atoms. The molecule has 0 aromatic heterocycles. The van der Waals surface area contributed by atoms with Crippen molar-refractivity contribution >= 4 is 63.3 Å². The van der Waals surface area contributed by atoms with Crippen LogP contribution in [0.25, 0.3) is 0 Å². The number of carbonyl (C=O) groups is 2. The van der Waals surface area contributed by atoms with Gasteiger partial charge in [0.05, 0.1) is 6.42 Å². The van der Waals surface area contributed by atoms with Crippen molar-refractivity contribution in [2.75, 3.05) is 0 Å². The Hall–Kier alpha value is 0.496. The van der Waals surface area contributed by atoms with Crippen LogP contribution in [-0.4, -0.2) is 85.1 Å². The van der Waals surface area contributed by atoms with Crippen molar-refractivity contribution in [3.63, 3.8) is 0 Å². The molecule has 0 fully saturated rings. The predicted molar refractivity (Wildman–Crippen MR) is 37.2 cm³/mol. The molecule has 0 aromatic rings. The Bertz CT molecular complexity index is 138. The van der Waals surface area contributed by atoms with E-state index in [1.807, 2.05) is 0 Å². The van der Waals surface area contributed by atoms with E-state index in [0.29, 0.717) is 0 Å². The second kappa shape index (κ2) is 8.59. The maximum absolute atomic E-state index is 9.85. The molecule has 6 nitrogen and oxygen atoms in total. The minimum absolute atomic E-state index is 0. The molecule has 61 valence electrons. The minimum Gasteiger partial charge on any atom is -0.481 e. The Morgan fingerprint density at radius 3 is 1.82 bits per heavy atom. The zero-order valence-electron chi connectivity index (χ0n) is 6.07. The number of carboxylic acids is 2. The Morgan fingerprint density at radius 1 is 1.36 bits per heavy atom. The van der Waals surface area contributed by atoms with Crippen LogP contribution in [0, 0.1) is 0 Å². The van der Waals surface area contributed by atoms with Crippen LogP contribution < -0.4 is 5.73 Å². The first-order valence-corrected chi connectivity index (χ1v) is 2.24. The van der Waals surface area contributed by atoms with Crippen LogP contribution >= 0.6 is 0 Å². The number of hydrogen-bond acceptors (Lipinski definition) is 3. The van der Waals surface area contributed by atoms with E-state index < -0.39 is 24.4 Å². The van der Waals surface area contributed by atoms with Crippen molar-refractivity contribution in [2.24, 2.45) is 5.73 Å². The molecule has 0 saturated heterocycles. The molecule has 0 spiro atoms. The summed E-state index contributed by atoms with van der Waals surface area (Å²) in [6.07, 6.45) is -0.532. The van der Waals surface area contributed by atoms with E-state index in [1.165, 1.54) is 0 Å². The number of carboxylic acid groups (broad SMARTS) is 2. The summed E-state index contributed by atoms with van der Waals surface area (Å²) in [5.41, 5.74) is 4.84. The zero-order chi connectivity index (χ0) is 7.44. The molecule has 1 atom stereocenters. The minimum atomic E-state index is -1.29. The van der Waals surface area contributed by atoms with Crippen LogP contribution in [0.15, 0.2) is 0 Å². The Morgan fingerprint density at radius 2 is 1.73 bits per heavy atom. The molecule has 0 aliphatic carbocycles. The van der Waals surface area contributed by atoms with Gasteiger partial charge in [-0.3, -0.25) is 9.59 Å². The maximum Gasteiger partial charge on any atom is 0.321 e. The molecule has 0 aliphatic rings. The topological polar surface area (TPSA) is 132 Å². The summed E-state index contributed by atoms with van der Waals surface area (Å²) in [7, 11) is 0. The molecule has 0 heterocycles. The van der Waals surface area contributed by atoms with Gasteiger partial charge in [0.1, 0.15) is 6.04 Å². The third-order valence-corrected chi connectivity index (χ3v) is 0.712. The van der Waals surface area contributed by atoms with Crippen molar-refractivity contribution in [1.29, 1.82) is 0 Å². The number of aliphatic carboxylic acids is 2. The maximum atomic E-state index is 9.85. The fourth-order valence-corrected chi connectivity index (χ4v) is 0.275. The van der Waals surface area contributed by atoms with Gasteiger partial charge in [0.15, 0.2) is 0 Å². The molecule has 0 amide bonds. The summed E-state index contributed by atoms with van der Waals surface area (Å²) < 4.78 is 0. The quantitative estimate of drug-likeness (QED) is 0.429. The monoisotopic (exact) mass is 190 g/mol. The molecule has 0 aromatic carbocycles. The molecular weight excluding hydrogens is 181 g/mol. The second-order valence-corrected chi connectivity index (χ2v) is 1.54. The first-order valence-electron chi connectivity index (χ1n) is 2.24. The first-order chi connectivity index (χ1) is 4.04. The van der Waals surface area contributed by atoms with Crippen LogP contribution in [0.3, 0.4) is 0 Å². The Labute approximate surface area is 105 Å². The van der Waals surface area contributed by atoms with E-state index in [2.05, 4.69) is 0 Å². The van der Waals surface area contributed by atoms with Gasteiger partial charge in [0, 0.05) is 51.4 Å². The van der Waals surface area contributed by atoms with E-state index in [1.54, 1.807) is 0 Å². The summed E-state index contributed by atoms with van der Waals surface area (Å²) in [6.45, 7) is 0. The van der Waals surface area contributed by atoms with Gasteiger partial charge in [-0.05, 0) is 0 Å². The number of rotatable bonds is 3. The summed E-state index contributed by atoms with van der Waals surface area (Å²) >= 11 is 0. The predicted octanol–water partition coefficient (Wildman–Crippen LogP) is -2.33. The molecular formula is C4H9KNO5. The van der Waals surface area contributed by atoms with Gasteiger partial charge in [0.2, 0.25) is 0 Å². The molecule has 0 saturated carbocycles. The molecule has 0 rings (SSSR count). The standard InChI is InChI=1S/C4H7NO4.K.H2O/c5-2(4(8)9)1-3(6)7;;/h2H,1,5H2,(H,6,7)(H,8,9);;1H2. The van der Waals surface area contributed by atoms with E-state index in [4.69, 9.17) is 15.9 Å². The van der Waals surface area contributed by atoms with Gasteiger partial charge in [-0.2, -0.15) is 0 Å². The fourth-order valence-electron chi connectivity index (χ4n) is 0.275. The van der Waals surface area contributed by atoms with Gasteiger partial charge in [0.25, 0.3) is 0 Å². The smallest absolute Gasteiger partial charge is 0.321 e. The van der Waals surface area contributed by atoms with Crippen LogP contribution in [0.2, 0.25) is 0 Å². The van der Waals surface area contributed by atoms with Crippen molar-refractivity contribution in [3.05, 3.63) is 0 Å². The average molecular weight is 190 g/mol. The SMILES string of the molecule is NC(CC(=O)O)C(=O)O.O.[K]. The normalized spacial score (nSPS) is 10.3. The van der Waals surface area contributed by atoms with Crippen molar-refractivity contribution in [3.8, 4) is 0 Å². The van der Waals surface area contributed by atoms with Crippen molar-refractivity contribution in [1.82, 2.24) is 0 Å². The molecule has 7 heteroatoms. The van der Waals surface area contributed by atoms with Crippen LogP contribution in [0.5, 0.6) is 0 Å². The molecule has 11 heavy (non-hydrogen) atoms. The summed E-state index contributed by atoms with van der Waals surface area (Å²) in [6, 6.07) is -1.29. The van der Waals surface area contributed by atoms with Gasteiger partial charge in [-0.1, -0.05) is 0 Å². The number of hydrogen-bond donors (Lipinski definition) is 3. The summed E-state index contributed by atoms with van der Waals surface area (Å²) in [5, 5.41) is 16.0. The third kappa shape index (κ3) is 10.5. The molecule has 1 unspecified atom stereocenters. The first kappa shape index (κ1) is 17.5. The number of nitrogens with two attached hydrogens (primary N) is 1. The fraction of sp³-hybridized carbons (Fsp3) is 0.500. The van der Waals surface area contributed by atoms with Crippen molar-refractivity contribution < 1.29 is 25.3 Å². The zero-order valence-corrected chi connectivity index (χ0v) is 9.20. The molecule has 1 radical (unpaired) electrons. The largest absolute Gasteiger partial charge is 0.481 e. The second-order valence-electron chi connectivity index (χ2n) is 1.54. The van der Waals surface area contributed by atoms with Crippen LogP contribution in [0.4, 0.5) is 0 Å². The summed E-state index contributed by atoms with van der Waals surface area (Å²) in [5.74, 6) is -2.50. The third-order valence-electron chi connectivity index (χ3n) is 0.712. The van der Waals surface area contributed by atoms with E-state index >= 15 is 0 Å². The van der Waals surface area contributed by atoms with E-state index in [0.717, 1.165) is 0 Å². The van der Waals surface area contributed by atoms with E-state index in [9.17, 15) is 9.59 Å². The van der Waals surface area contributed by atoms with Gasteiger partial charge >= 0.3 is 11.9 Å². The van der Waals surface area contributed by atoms with Crippen molar-refractivity contribution in [2.45, 2.75) is 12.5 Å².